The Balaban J connectivity index is 1.68. The summed E-state index contributed by atoms with van der Waals surface area (Å²) in [7, 11) is 0. The van der Waals surface area contributed by atoms with Crippen molar-refractivity contribution in [1.82, 2.24) is 0 Å². The quantitative estimate of drug-likeness (QED) is 0.432. The summed E-state index contributed by atoms with van der Waals surface area (Å²) in [5.41, 5.74) is 1.62. The summed E-state index contributed by atoms with van der Waals surface area (Å²) in [6.07, 6.45) is 18.2. The van der Waals surface area contributed by atoms with Crippen LogP contribution in [-0.4, -0.2) is 36.1 Å². The number of terminal acetylenes is 1. The molecular formula is C28H44O3. The lowest BCUT2D eigenvalue weighted by Gasteiger charge is -2.60. The van der Waals surface area contributed by atoms with Crippen LogP contribution in [0.15, 0.2) is 11.6 Å². The minimum absolute atomic E-state index is 0.0646. The highest BCUT2D eigenvalue weighted by Crippen LogP contribution is 2.66. The summed E-state index contributed by atoms with van der Waals surface area (Å²) in [6.45, 7) is 11.3. The number of rotatable bonds is 6. The molecule has 0 aliphatic heterocycles. The first kappa shape index (κ1) is 23.3. The van der Waals surface area contributed by atoms with Gasteiger partial charge in [0.05, 0.1) is 31.0 Å². The molecule has 4 aliphatic rings. The maximum absolute atomic E-state index is 10.8. The maximum Gasteiger partial charge on any atom is 0.0635 e. The minimum Gasteiger partial charge on any atom is -0.395 e. The van der Waals surface area contributed by atoms with E-state index < -0.39 is 0 Å². The van der Waals surface area contributed by atoms with E-state index in [1.54, 1.807) is 0 Å². The van der Waals surface area contributed by atoms with Crippen molar-refractivity contribution >= 4 is 0 Å². The molecule has 0 aromatic heterocycles. The average molecular weight is 429 g/mol. The minimum atomic E-state index is -0.0646. The summed E-state index contributed by atoms with van der Waals surface area (Å²) in [5, 5.41) is 10.8. The molecule has 0 amide bonds. The van der Waals surface area contributed by atoms with Crippen molar-refractivity contribution in [2.24, 2.45) is 34.5 Å². The third-order valence-corrected chi connectivity index (χ3v) is 9.40. The second-order valence-electron chi connectivity index (χ2n) is 11.7. The first-order valence-electron chi connectivity index (χ1n) is 12.8. The van der Waals surface area contributed by atoms with Gasteiger partial charge in [0, 0.05) is 11.8 Å². The molecular weight excluding hydrogens is 384 g/mol. The highest BCUT2D eigenvalue weighted by molar-refractivity contribution is 5.29. The van der Waals surface area contributed by atoms with Crippen LogP contribution in [0.1, 0.15) is 86.0 Å². The Kier molecular flexibility index (Phi) is 6.66. The fourth-order valence-electron chi connectivity index (χ4n) is 8.23. The molecule has 3 saturated carbocycles. The molecule has 0 saturated heterocycles. The standard InChI is InChI=1S/C28H44O3/c1-7-8-20-15-21-16-22(30-18(2)3)11-14-28(21,17-29)24-12-13-27(6)23(26(20)24)9-10-25(27)31-19(4)5/h1,15,18-20,22-26,29H,8-14,16-17H2,2-6H3/t20-,22+,23+,24+,25-,26+,27+,28-/m1/s1. The Labute approximate surface area is 190 Å². The van der Waals surface area contributed by atoms with E-state index in [4.69, 9.17) is 15.9 Å². The largest absolute Gasteiger partial charge is 0.395 e. The van der Waals surface area contributed by atoms with Gasteiger partial charge in [0.1, 0.15) is 0 Å². The van der Waals surface area contributed by atoms with Crippen LogP contribution in [-0.2, 0) is 9.47 Å². The number of fused-ring (bicyclic) bond motifs is 5. The lowest BCUT2D eigenvalue weighted by molar-refractivity contribution is -0.129. The van der Waals surface area contributed by atoms with Crippen LogP contribution in [0.3, 0.4) is 0 Å². The first-order chi connectivity index (χ1) is 14.7. The zero-order valence-electron chi connectivity index (χ0n) is 20.4. The average Bonchev–Trinajstić information content (AvgIpc) is 3.03. The van der Waals surface area contributed by atoms with Crippen LogP contribution in [0.25, 0.3) is 0 Å². The van der Waals surface area contributed by atoms with Crippen LogP contribution in [0, 0.1) is 46.8 Å². The van der Waals surface area contributed by atoms with Crippen molar-refractivity contribution in [2.75, 3.05) is 6.61 Å². The summed E-state index contributed by atoms with van der Waals surface area (Å²) in [6, 6.07) is 0. The molecule has 0 bridgehead atoms. The smallest absolute Gasteiger partial charge is 0.0635 e. The Hall–Kier alpha value is -0.820. The van der Waals surface area contributed by atoms with Crippen molar-refractivity contribution in [2.45, 2.75) is 110 Å². The number of allylic oxidation sites excluding steroid dienone is 1. The normalized spacial score (nSPS) is 44.4. The molecule has 8 atom stereocenters. The van der Waals surface area contributed by atoms with Gasteiger partial charge in [-0.25, -0.2) is 0 Å². The molecule has 1 N–H and O–H groups in total. The van der Waals surface area contributed by atoms with Crippen LogP contribution in [0.2, 0.25) is 0 Å². The lowest BCUT2D eigenvalue weighted by atomic mass is 9.45. The highest BCUT2D eigenvalue weighted by Gasteiger charge is 2.62. The summed E-state index contributed by atoms with van der Waals surface area (Å²) in [4.78, 5) is 0. The Morgan fingerprint density at radius 2 is 1.81 bits per heavy atom. The molecule has 31 heavy (non-hydrogen) atoms. The van der Waals surface area contributed by atoms with Crippen molar-refractivity contribution in [3.05, 3.63) is 11.6 Å². The van der Waals surface area contributed by atoms with Gasteiger partial charge in [-0.05, 0) is 102 Å². The lowest BCUT2D eigenvalue weighted by Crippen LogP contribution is -2.56. The van der Waals surface area contributed by atoms with Crippen molar-refractivity contribution in [3.8, 4) is 12.3 Å². The van der Waals surface area contributed by atoms with E-state index in [1.165, 1.54) is 31.3 Å². The fraction of sp³-hybridized carbons (Fsp3) is 0.857. The second kappa shape index (κ2) is 8.85. The van der Waals surface area contributed by atoms with Gasteiger partial charge in [-0.3, -0.25) is 0 Å². The predicted molar refractivity (Wildman–Crippen MR) is 125 cm³/mol. The number of aliphatic hydroxyl groups excluding tert-OH is 1. The van der Waals surface area contributed by atoms with E-state index in [9.17, 15) is 5.11 Å². The molecule has 0 spiro atoms. The van der Waals surface area contributed by atoms with Crippen molar-refractivity contribution in [3.63, 3.8) is 0 Å². The number of ether oxygens (including phenoxy) is 2. The van der Waals surface area contributed by atoms with Gasteiger partial charge in [0.25, 0.3) is 0 Å². The third kappa shape index (κ3) is 3.92. The zero-order chi connectivity index (χ0) is 22.4. The van der Waals surface area contributed by atoms with E-state index in [-0.39, 0.29) is 35.7 Å². The van der Waals surface area contributed by atoms with Crippen LogP contribution in [0.4, 0.5) is 0 Å². The van der Waals surface area contributed by atoms with Gasteiger partial charge in [-0.1, -0.05) is 18.6 Å². The van der Waals surface area contributed by atoms with E-state index in [0.29, 0.717) is 29.8 Å². The molecule has 4 rings (SSSR count). The molecule has 0 radical (unpaired) electrons. The van der Waals surface area contributed by atoms with Crippen molar-refractivity contribution in [1.29, 1.82) is 0 Å². The van der Waals surface area contributed by atoms with Gasteiger partial charge in [0.2, 0.25) is 0 Å². The third-order valence-electron chi connectivity index (χ3n) is 9.40. The Morgan fingerprint density at radius 1 is 1.06 bits per heavy atom. The van der Waals surface area contributed by atoms with E-state index in [2.05, 4.69) is 46.6 Å². The number of hydrogen-bond donors (Lipinski definition) is 1. The van der Waals surface area contributed by atoms with Gasteiger partial charge in [-0.2, -0.15) is 0 Å². The van der Waals surface area contributed by atoms with Gasteiger partial charge < -0.3 is 14.6 Å². The van der Waals surface area contributed by atoms with Gasteiger partial charge in [0.15, 0.2) is 0 Å². The fourth-order valence-corrected chi connectivity index (χ4v) is 8.23. The molecule has 3 fully saturated rings. The SMILES string of the molecule is C#CC[C@@H]1C=C2C[C@@H](OC(C)C)CC[C@]2(CO)[C@H]2CC[C@]3(C)[C@H](OC(C)C)CC[C@H]3[C@H]12. The maximum atomic E-state index is 10.8. The number of aliphatic hydroxyl groups is 1. The van der Waals surface area contributed by atoms with Crippen LogP contribution < -0.4 is 0 Å². The molecule has 0 unspecified atom stereocenters. The monoisotopic (exact) mass is 428 g/mol. The van der Waals surface area contributed by atoms with E-state index in [1.807, 2.05) is 0 Å². The van der Waals surface area contributed by atoms with Crippen molar-refractivity contribution < 1.29 is 14.6 Å². The first-order valence-corrected chi connectivity index (χ1v) is 12.8. The van der Waals surface area contributed by atoms with Gasteiger partial charge >= 0.3 is 0 Å². The molecule has 3 heteroatoms. The Morgan fingerprint density at radius 3 is 2.45 bits per heavy atom. The molecule has 0 aromatic rings. The molecule has 0 heterocycles. The van der Waals surface area contributed by atoms with Gasteiger partial charge in [-0.15, -0.1) is 12.3 Å². The molecule has 174 valence electrons. The molecule has 0 aromatic carbocycles. The van der Waals surface area contributed by atoms with Crippen LogP contribution >= 0.6 is 0 Å². The van der Waals surface area contributed by atoms with E-state index >= 15 is 0 Å². The zero-order valence-corrected chi connectivity index (χ0v) is 20.4. The summed E-state index contributed by atoms with van der Waals surface area (Å²) >= 11 is 0. The Bertz CT molecular complexity index is 718. The molecule has 3 nitrogen and oxygen atoms in total. The molecule has 4 aliphatic carbocycles. The number of hydrogen-bond acceptors (Lipinski definition) is 3. The topological polar surface area (TPSA) is 38.7 Å². The second-order valence-corrected chi connectivity index (χ2v) is 11.7. The summed E-state index contributed by atoms with van der Waals surface area (Å²) in [5.74, 6) is 5.16. The van der Waals surface area contributed by atoms with Crippen LogP contribution in [0.5, 0.6) is 0 Å². The summed E-state index contributed by atoms with van der Waals surface area (Å²) < 4.78 is 12.7. The predicted octanol–water partition coefficient (Wildman–Crippen LogP) is 5.76. The van der Waals surface area contributed by atoms with E-state index in [0.717, 1.165) is 25.7 Å². The highest BCUT2D eigenvalue weighted by atomic mass is 16.5.